The van der Waals surface area contributed by atoms with Crippen LogP contribution in [0, 0.1) is 23.6 Å². The van der Waals surface area contributed by atoms with Crippen molar-refractivity contribution in [1.29, 1.82) is 0 Å². The van der Waals surface area contributed by atoms with Crippen molar-refractivity contribution >= 4 is 5.78 Å². The van der Waals surface area contributed by atoms with E-state index < -0.39 is 0 Å². The molecule has 0 aromatic heterocycles. The quantitative estimate of drug-likeness (QED) is 0.677. The summed E-state index contributed by atoms with van der Waals surface area (Å²) in [4.78, 5) is 12.0. The molecule has 1 nitrogen and oxygen atoms in total. The van der Waals surface area contributed by atoms with Crippen LogP contribution in [0.1, 0.15) is 29.6 Å². The van der Waals surface area contributed by atoms with Gasteiger partial charge in [-0.2, -0.15) is 0 Å². The Hall–Kier alpha value is -1.18. The van der Waals surface area contributed by atoms with Crippen molar-refractivity contribution in [1.82, 2.24) is 0 Å². The molecule has 0 saturated heterocycles. The maximum atomic E-state index is 12.9. The van der Waals surface area contributed by atoms with Gasteiger partial charge in [-0.05, 0) is 36.8 Å². The highest BCUT2D eigenvalue weighted by atomic mass is 19.1. The lowest BCUT2D eigenvalue weighted by Crippen LogP contribution is -2.06. The van der Waals surface area contributed by atoms with E-state index in [0.717, 1.165) is 0 Å². The molecule has 0 bridgehead atoms. The summed E-state index contributed by atoms with van der Waals surface area (Å²) in [7, 11) is 0. The minimum Gasteiger partial charge on any atom is -0.294 e. The van der Waals surface area contributed by atoms with Crippen LogP contribution in [0.4, 0.5) is 4.39 Å². The Morgan fingerprint density at radius 2 is 2.00 bits per heavy atom. The van der Waals surface area contributed by atoms with E-state index in [1.165, 1.54) is 31.4 Å². The van der Waals surface area contributed by atoms with E-state index in [-0.39, 0.29) is 17.5 Å². The van der Waals surface area contributed by atoms with Crippen LogP contribution < -0.4 is 0 Å². The van der Waals surface area contributed by atoms with Crippen LogP contribution in [0.25, 0.3) is 0 Å². The standard InChI is InChI=1S/C13H13FO/c14-9-4-1-3-8(7-9)13(15)12-10-5-2-6-11(10)12/h1,3-4,7,10-12H,2,5-6H2. The molecule has 1 aromatic rings. The Morgan fingerprint density at radius 3 is 2.67 bits per heavy atom. The fourth-order valence-corrected chi connectivity index (χ4v) is 3.04. The molecule has 0 amide bonds. The van der Waals surface area contributed by atoms with Crippen molar-refractivity contribution in [3.63, 3.8) is 0 Å². The number of halogens is 1. The highest BCUT2D eigenvalue weighted by Crippen LogP contribution is 2.58. The van der Waals surface area contributed by atoms with Gasteiger partial charge in [0.25, 0.3) is 0 Å². The lowest BCUT2D eigenvalue weighted by atomic mass is 10.0. The largest absolute Gasteiger partial charge is 0.294 e. The van der Waals surface area contributed by atoms with Crippen molar-refractivity contribution in [2.24, 2.45) is 17.8 Å². The van der Waals surface area contributed by atoms with Crippen LogP contribution in [-0.2, 0) is 0 Å². The maximum absolute atomic E-state index is 12.9. The van der Waals surface area contributed by atoms with Gasteiger partial charge in [0.2, 0.25) is 0 Å². The maximum Gasteiger partial charge on any atom is 0.166 e. The second-order valence-electron chi connectivity index (χ2n) is 4.66. The van der Waals surface area contributed by atoms with Gasteiger partial charge in [0, 0.05) is 11.5 Å². The Labute approximate surface area is 88.3 Å². The van der Waals surface area contributed by atoms with Crippen LogP contribution in [-0.4, -0.2) is 5.78 Å². The zero-order valence-electron chi connectivity index (χ0n) is 8.45. The highest BCUT2D eigenvalue weighted by Gasteiger charge is 2.56. The van der Waals surface area contributed by atoms with Gasteiger partial charge in [0.05, 0.1) is 0 Å². The van der Waals surface area contributed by atoms with Crippen LogP contribution >= 0.6 is 0 Å². The van der Waals surface area contributed by atoms with Crippen molar-refractivity contribution in [3.8, 4) is 0 Å². The summed E-state index contributed by atoms with van der Waals surface area (Å²) in [5, 5.41) is 0. The van der Waals surface area contributed by atoms with E-state index in [9.17, 15) is 9.18 Å². The topological polar surface area (TPSA) is 17.1 Å². The molecule has 2 aliphatic carbocycles. The molecule has 0 aliphatic heterocycles. The zero-order chi connectivity index (χ0) is 10.4. The first kappa shape index (κ1) is 9.08. The third-order valence-corrected chi connectivity index (χ3v) is 3.82. The monoisotopic (exact) mass is 204 g/mol. The minimum absolute atomic E-state index is 0.157. The molecular formula is C13H13FO. The van der Waals surface area contributed by atoms with Gasteiger partial charge < -0.3 is 0 Å². The van der Waals surface area contributed by atoms with Crippen molar-refractivity contribution in [3.05, 3.63) is 35.6 Å². The fourth-order valence-electron chi connectivity index (χ4n) is 3.04. The molecule has 3 rings (SSSR count). The second kappa shape index (κ2) is 3.16. The molecule has 2 unspecified atom stereocenters. The van der Waals surface area contributed by atoms with E-state index in [2.05, 4.69) is 0 Å². The average molecular weight is 204 g/mol. The molecule has 2 fully saturated rings. The van der Waals surface area contributed by atoms with Crippen LogP contribution in [0.3, 0.4) is 0 Å². The Balaban J connectivity index is 1.81. The van der Waals surface area contributed by atoms with Gasteiger partial charge in [0.15, 0.2) is 5.78 Å². The minimum atomic E-state index is -0.313. The molecule has 2 saturated carbocycles. The molecule has 0 spiro atoms. The highest BCUT2D eigenvalue weighted by molar-refractivity contribution is 6.00. The smallest absolute Gasteiger partial charge is 0.166 e. The Morgan fingerprint density at radius 1 is 1.27 bits per heavy atom. The molecule has 2 aliphatic rings. The van der Waals surface area contributed by atoms with Gasteiger partial charge in [-0.1, -0.05) is 18.6 Å². The number of hydrogen-bond acceptors (Lipinski definition) is 1. The first-order chi connectivity index (χ1) is 7.27. The molecule has 2 atom stereocenters. The predicted octanol–water partition coefficient (Wildman–Crippen LogP) is 3.05. The summed E-state index contributed by atoms with van der Waals surface area (Å²) < 4.78 is 12.9. The number of ketones is 1. The number of carbonyl (C=O) groups is 1. The summed E-state index contributed by atoms with van der Waals surface area (Å²) in [5.74, 6) is 1.28. The number of carbonyl (C=O) groups excluding carboxylic acids is 1. The fraction of sp³-hybridized carbons (Fsp3) is 0.462. The number of fused-ring (bicyclic) bond motifs is 1. The second-order valence-corrected chi connectivity index (χ2v) is 4.66. The molecule has 0 heterocycles. The molecule has 78 valence electrons. The average Bonchev–Trinajstić information content (AvgIpc) is 2.70. The summed E-state index contributed by atoms with van der Waals surface area (Å²) in [5.41, 5.74) is 0.550. The summed E-state index contributed by atoms with van der Waals surface area (Å²) in [6.07, 6.45) is 3.65. The van der Waals surface area contributed by atoms with Gasteiger partial charge in [0.1, 0.15) is 5.82 Å². The lowest BCUT2D eigenvalue weighted by Gasteiger charge is -2.02. The van der Waals surface area contributed by atoms with Gasteiger partial charge in [-0.3, -0.25) is 4.79 Å². The van der Waals surface area contributed by atoms with E-state index in [0.29, 0.717) is 17.4 Å². The Bertz CT molecular complexity index is 403. The van der Waals surface area contributed by atoms with E-state index in [4.69, 9.17) is 0 Å². The number of rotatable bonds is 2. The number of Topliss-reactive ketones (excluding diaryl/α,β-unsaturated/α-hetero) is 1. The molecule has 15 heavy (non-hydrogen) atoms. The van der Waals surface area contributed by atoms with Crippen LogP contribution in [0.2, 0.25) is 0 Å². The summed E-state index contributed by atoms with van der Waals surface area (Å²) in [6.45, 7) is 0. The predicted molar refractivity (Wildman–Crippen MR) is 55.1 cm³/mol. The van der Waals surface area contributed by atoms with Gasteiger partial charge >= 0.3 is 0 Å². The normalized spacial score (nSPS) is 32.5. The molecular weight excluding hydrogens is 191 g/mol. The lowest BCUT2D eigenvalue weighted by molar-refractivity contribution is 0.0951. The number of hydrogen-bond donors (Lipinski definition) is 0. The summed E-state index contributed by atoms with van der Waals surface area (Å²) >= 11 is 0. The molecule has 2 heteroatoms. The molecule has 1 aromatic carbocycles. The van der Waals surface area contributed by atoms with Crippen molar-refractivity contribution in [2.45, 2.75) is 19.3 Å². The Kier molecular flexibility index (Phi) is 1.91. The summed E-state index contributed by atoms with van der Waals surface area (Å²) in [6, 6.07) is 6.07. The molecule has 0 N–H and O–H groups in total. The first-order valence-corrected chi connectivity index (χ1v) is 5.57. The van der Waals surface area contributed by atoms with Crippen LogP contribution in [0.5, 0.6) is 0 Å². The van der Waals surface area contributed by atoms with Crippen molar-refractivity contribution in [2.75, 3.05) is 0 Å². The molecule has 0 radical (unpaired) electrons. The van der Waals surface area contributed by atoms with E-state index in [1.54, 1.807) is 12.1 Å². The third kappa shape index (κ3) is 1.39. The van der Waals surface area contributed by atoms with E-state index >= 15 is 0 Å². The van der Waals surface area contributed by atoms with Gasteiger partial charge in [-0.15, -0.1) is 0 Å². The van der Waals surface area contributed by atoms with E-state index in [1.807, 2.05) is 0 Å². The third-order valence-electron chi connectivity index (χ3n) is 3.82. The van der Waals surface area contributed by atoms with Crippen LogP contribution in [0.15, 0.2) is 24.3 Å². The first-order valence-electron chi connectivity index (χ1n) is 5.57. The number of benzene rings is 1. The van der Waals surface area contributed by atoms with Crippen molar-refractivity contribution < 1.29 is 9.18 Å². The zero-order valence-corrected chi connectivity index (χ0v) is 8.45. The SMILES string of the molecule is O=C(c1cccc(F)c1)C1C2CCCC21. The van der Waals surface area contributed by atoms with Gasteiger partial charge in [-0.25, -0.2) is 4.39 Å².